The highest BCUT2D eigenvalue weighted by Crippen LogP contribution is 2.15. The van der Waals surface area contributed by atoms with Crippen LogP contribution in [-0.2, 0) is 13.5 Å². The van der Waals surface area contributed by atoms with Crippen LogP contribution in [0.4, 0.5) is 10.5 Å². The fourth-order valence-corrected chi connectivity index (χ4v) is 3.02. The highest BCUT2D eigenvalue weighted by atomic mass is 16.2. The molecule has 1 aliphatic heterocycles. The van der Waals surface area contributed by atoms with Gasteiger partial charge in [0.15, 0.2) is 0 Å². The fraction of sp³-hybridized carbons (Fsp3) is 0.444. The number of carbonyl (C=O) groups is 1. The number of benzene rings is 1. The molecule has 0 atom stereocenters. The second-order valence-corrected chi connectivity index (χ2v) is 6.13. The third-order valence-electron chi connectivity index (χ3n) is 4.33. The topological polar surface area (TPSA) is 53.4 Å². The van der Waals surface area contributed by atoms with Crippen LogP contribution in [0.5, 0.6) is 0 Å². The summed E-state index contributed by atoms with van der Waals surface area (Å²) in [5, 5.41) is 7.34. The van der Waals surface area contributed by atoms with Gasteiger partial charge in [-0.25, -0.2) is 4.79 Å². The summed E-state index contributed by atoms with van der Waals surface area (Å²) in [5.41, 5.74) is 2.24. The minimum atomic E-state index is 0.0286. The molecular weight excluding hydrogens is 302 g/mol. The van der Waals surface area contributed by atoms with Gasteiger partial charge in [0.2, 0.25) is 0 Å². The molecule has 1 fully saturated rings. The predicted octanol–water partition coefficient (Wildman–Crippen LogP) is 1.88. The molecule has 0 spiro atoms. The Morgan fingerprint density at radius 3 is 2.71 bits per heavy atom. The van der Waals surface area contributed by atoms with Crippen molar-refractivity contribution in [1.29, 1.82) is 0 Å². The molecule has 1 aromatic heterocycles. The summed E-state index contributed by atoms with van der Waals surface area (Å²) < 4.78 is 1.78. The average molecular weight is 327 g/mol. The van der Waals surface area contributed by atoms with Crippen LogP contribution in [0.2, 0.25) is 0 Å². The maximum Gasteiger partial charge on any atom is 0.317 e. The van der Waals surface area contributed by atoms with Gasteiger partial charge in [0.05, 0.1) is 5.69 Å². The molecule has 1 N–H and O–H groups in total. The van der Waals surface area contributed by atoms with E-state index in [0.29, 0.717) is 6.54 Å². The van der Waals surface area contributed by atoms with Crippen LogP contribution in [0.15, 0.2) is 42.6 Å². The lowest BCUT2D eigenvalue weighted by atomic mass is 10.3. The van der Waals surface area contributed by atoms with Gasteiger partial charge < -0.3 is 15.1 Å². The summed E-state index contributed by atoms with van der Waals surface area (Å²) in [6, 6.07) is 12.4. The number of anilines is 1. The molecule has 3 rings (SSSR count). The Kier molecular flexibility index (Phi) is 5.36. The first-order chi connectivity index (χ1) is 11.7. The van der Waals surface area contributed by atoms with Crippen molar-refractivity contribution >= 4 is 11.7 Å². The summed E-state index contributed by atoms with van der Waals surface area (Å²) in [6.45, 7) is 4.04. The summed E-state index contributed by atoms with van der Waals surface area (Å²) in [4.78, 5) is 16.6. The van der Waals surface area contributed by atoms with Crippen LogP contribution < -0.4 is 10.2 Å². The van der Waals surface area contributed by atoms with E-state index in [1.165, 1.54) is 5.69 Å². The molecule has 0 unspecified atom stereocenters. The van der Waals surface area contributed by atoms with Gasteiger partial charge in [-0.3, -0.25) is 4.68 Å². The monoisotopic (exact) mass is 327 g/mol. The second-order valence-electron chi connectivity index (χ2n) is 6.13. The lowest BCUT2D eigenvalue weighted by Gasteiger charge is -2.23. The lowest BCUT2D eigenvalue weighted by Crippen LogP contribution is -2.42. The van der Waals surface area contributed by atoms with Crippen molar-refractivity contribution in [3.05, 3.63) is 48.3 Å². The number of aryl methyl sites for hydroxylation is 1. The first kappa shape index (κ1) is 16.4. The van der Waals surface area contributed by atoms with Crippen molar-refractivity contribution in [3.63, 3.8) is 0 Å². The van der Waals surface area contributed by atoms with E-state index >= 15 is 0 Å². The maximum absolute atomic E-state index is 12.4. The molecule has 24 heavy (non-hydrogen) atoms. The molecule has 6 heteroatoms. The molecule has 1 aliphatic rings. The third-order valence-corrected chi connectivity index (χ3v) is 4.33. The summed E-state index contributed by atoms with van der Waals surface area (Å²) in [6.07, 6.45) is 3.67. The minimum Gasteiger partial charge on any atom is -0.370 e. The standard InChI is InChI=1S/C18H25N5O/c1-21-13-9-16(20-21)8-10-19-18(24)23-12-5-11-22(14-15-23)17-6-3-2-4-7-17/h2-4,6-7,9,13H,5,8,10-12,14-15H2,1H3,(H,19,24). The van der Waals surface area contributed by atoms with Gasteiger partial charge in [-0.1, -0.05) is 18.2 Å². The lowest BCUT2D eigenvalue weighted by molar-refractivity contribution is 0.201. The second kappa shape index (κ2) is 7.86. The Hall–Kier alpha value is -2.50. The van der Waals surface area contributed by atoms with Crippen LogP contribution >= 0.6 is 0 Å². The van der Waals surface area contributed by atoms with Crippen molar-refractivity contribution in [2.75, 3.05) is 37.6 Å². The SMILES string of the molecule is Cn1ccc(CCNC(=O)N2CCCN(c3ccccc3)CC2)n1. The van der Waals surface area contributed by atoms with E-state index in [-0.39, 0.29) is 6.03 Å². The molecular formula is C18H25N5O. The van der Waals surface area contributed by atoms with Crippen LogP contribution in [0.25, 0.3) is 0 Å². The van der Waals surface area contributed by atoms with Crippen molar-refractivity contribution < 1.29 is 4.79 Å². The number of hydrogen-bond donors (Lipinski definition) is 1. The largest absolute Gasteiger partial charge is 0.370 e. The smallest absolute Gasteiger partial charge is 0.317 e. The van der Waals surface area contributed by atoms with Crippen LogP contribution in [0.1, 0.15) is 12.1 Å². The van der Waals surface area contributed by atoms with E-state index in [1.54, 1.807) is 4.68 Å². The molecule has 0 radical (unpaired) electrons. The van der Waals surface area contributed by atoms with E-state index in [0.717, 1.165) is 44.7 Å². The number of para-hydroxylation sites is 1. The highest BCUT2D eigenvalue weighted by molar-refractivity contribution is 5.74. The van der Waals surface area contributed by atoms with Gasteiger partial charge >= 0.3 is 6.03 Å². The zero-order valence-electron chi connectivity index (χ0n) is 14.2. The Morgan fingerprint density at radius 2 is 1.96 bits per heavy atom. The number of amides is 2. The van der Waals surface area contributed by atoms with Crippen molar-refractivity contribution in [3.8, 4) is 0 Å². The molecule has 2 amide bonds. The van der Waals surface area contributed by atoms with Crippen molar-refractivity contribution in [2.45, 2.75) is 12.8 Å². The number of urea groups is 1. The number of aromatic nitrogens is 2. The zero-order valence-corrected chi connectivity index (χ0v) is 14.2. The number of nitrogens with zero attached hydrogens (tertiary/aromatic N) is 4. The van der Waals surface area contributed by atoms with E-state index in [4.69, 9.17) is 0 Å². The molecule has 1 saturated heterocycles. The van der Waals surface area contributed by atoms with Gasteiger partial charge in [0, 0.05) is 58.1 Å². The zero-order chi connectivity index (χ0) is 16.8. The first-order valence-corrected chi connectivity index (χ1v) is 8.54. The summed E-state index contributed by atoms with van der Waals surface area (Å²) >= 11 is 0. The summed E-state index contributed by atoms with van der Waals surface area (Å²) in [5.74, 6) is 0. The molecule has 0 saturated carbocycles. The van der Waals surface area contributed by atoms with Crippen molar-refractivity contribution in [1.82, 2.24) is 20.0 Å². The van der Waals surface area contributed by atoms with E-state index in [2.05, 4.69) is 39.6 Å². The minimum absolute atomic E-state index is 0.0286. The first-order valence-electron chi connectivity index (χ1n) is 8.54. The molecule has 128 valence electrons. The summed E-state index contributed by atoms with van der Waals surface area (Å²) in [7, 11) is 1.90. The molecule has 2 aromatic rings. The Morgan fingerprint density at radius 1 is 1.12 bits per heavy atom. The van der Waals surface area contributed by atoms with E-state index < -0.39 is 0 Å². The number of carbonyl (C=O) groups excluding carboxylic acids is 1. The van der Waals surface area contributed by atoms with Crippen LogP contribution in [0, 0.1) is 0 Å². The van der Waals surface area contributed by atoms with Crippen molar-refractivity contribution in [2.24, 2.45) is 7.05 Å². The Bertz CT molecular complexity index is 654. The number of hydrogen-bond acceptors (Lipinski definition) is 3. The van der Waals surface area contributed by atoms with Gasteiger partial charge in [-0.05, 0) is 24.6 Å². The Labute approximate surface area is 143 Å². The number of rotatable bonds is 4. The molecule has 0 aliphatic carbocycles. The Balaban J connectivity index is 1.46. The van der Waals surface area contributed by atoms with Crippen LogP contribution in [0.3, 0.4) is 0 Å². The van der Waals surface area contributed by atoms with Gasteiger partial charge in [-0.2, -0.15) is 5.10 Å². The molecule has 1 aromatic carbocycles. The van der Waals surface area contributed by atoms with E-state index in [9.17, 15) is 4.79 Å². The van der Waals surface area contributed by atoms with Crippen LogP contribution in [-0.4, -0.2) is 53.4 Å². The normalized spacial score (nSPS) is 15.2. The van der Waals surface area contributed by atoms with Gasteiger partial charge in [-0.15, -0.1) is 0 Å². The van der Waals surface area contributed by atoms with E-state index in [1.807, 2.05) is 30.3 Å². The third kappa shape index (κ3) is 4.28. The van der Waals surface area contributed by atoms with Gasteiger partial charge in [0.25, 0.3) is 0 Å². The average Bonchev–Trinajstić information content (AvgIpc) is 2.86. The molecule has 2 heterocycles. The molecule has 0 bridgehead atoms. The predicted molar refractivity (Wildman–Crippen MR) is 95.2 cm³/mol. The maximum atomic E-state index is 12.4. The quantitative estimate of drug-likeness (QED) is 0.933. The van der Waals surface area contributed by atoms with Gasteiger partial charge in [0.1, 0.15) is 0 Å². The number of nitrogens with one attached hydrogen (secondary N) is 1. The highest BCUT2D eigenvalue weighted by Gasteiger charge is 2.18. The molecule has 6 nitrogen and oxygen atoms in total. The fourth-order valence-electron chi connectivity index (χ4n) is 3.02.